The minimum atomic E-state index is 0.551. The second-order valence-corrected chi connectivity index (χ2v) is 5.09. The van der Waals surface area contributed by atoms with Crippen LogP contribution in [0.15, 0.2) is 12.1 Å². The van der Waals surface area contributed by atoms with Crippen LogP contribution in [-0.4, -0.2) is 0 Å². The van der Waals surface area contributed by atoms with Gasteiger partial charge in [-0.2, -0.15) is 0 Å². The molecule has 1 aromatic rings. The van der Waals surface area contributed by atoms with E-state index in [1.54, 1.807) is 0 Å². The molecule has 2 aliphatic carbocycles. The summed E-state index contributed by atoms with van der Waals surface area (Å²) in [4.78, 5) is 0. The molecule has 1 heteroatoms. The van der Waals surface area contributed by atoms with Gasteiger partial charge in [-0.05, 0) is 60.6 Å². The van der Waals surface area contributed by atoms with Crippen molar-refractivity contribution in [3.8, 4) is 0 Å². The van der Waals surface area contributed by atoms with Crippen LogP contribution < -0.4 is 5.73 Å². The van der Waals surface area contributed by atoms with Gasteiger partial charge in [0.1, 0.15) is 0 Å². The van der Waals surface area contributed by atoms with E-state index in [1.807, 2.05) is 6.07 Å². The molecule has 0 saturated heterocycles. The zero-order chi connectivity index (χ0) is 11.3. The molecular formula is C14H19N. The van der Waals surface area contributed by atoms with Crippen LogP contribution in [0.5, 0.6) is 0 Å². The van der Waals surface area contributed by atoms with Gasteiger partial charge in [0.05, 0.1) is 1.37 Å². The van der Waals surface area contributed by atoms with Gasteiger partial charge in [0.25, 0.3) is 0 Å². The molecule has 2 N–H and O–H groups in total. The number of rotatable bonds is 2. The molecule has 1 aromatic carbocycles. The van der Waals surface area contributed by atoms with Crippen molar-refractivity contribution >= 4 is 5.69 Å². The Morgan fingerprint density at radius 2 is 2.27 bits per heavy atom. The Bertz CT molecular complexity index is 435. The van der Waals surface area contributed by atoms with Crippen molar-refractivity contribution in [3.63, 3.8) is 0 Å². The van der Waals surface area contributed by atoms with Gasteiger partial charge in [-0.25, -0.2) is 0 Å². The van der Waals surface area contributed by atoms with E-state index in [0.717, 1.165) is 30.5 Å². The first-order valence-electron chi connectivity index (χ1n) is 6.59. The molecule has 3 rings (SSSR count). The smallest absolute Gasteiger partial charge is 0.0626 e. The lowest BCUT2D eigenvalue weighted by molar-refractivity contribution is 0.665. The third-order valence-corrected chi connectivity index (χ3v) is 4.08. The van der Waals surface area contributed by atoms with Gasteiger partial charge in [-0.3, -0.25) is 0 Å². The summed E-state index contributed by atoms with van der Waals surface area (Å²) in [7, 11) is 0. The van der Waals surface area contributed by atoms with E-state index in [-0.39, 0.29) is 0 Å². The maximum atomic E-state index is 8.09. The van der Waals surface area contributed by atoms with E-state index < -0.39 is 0 Å². The predicted molar refractivity (Wildman–Crippen MR) is 64.0 cm³/mol. The van der Waals surface area contributed by atoms with Gasteiger partial charge in [-0.1, -0.05) is 19.0 Å². The Kier molecular flexibility index (Phi) is 1.78. The molecule has 1 saturated carbocycles. The van der Waals surface area contributed by atoms with Gasteiger partial charge < -0.3 is 5.73 Å². The summed E-state index contributed by atoms with van der Waals surface area (Å²) in [6, 6.07) is 2.76. The van der Waals surface area contributed by atoms with Crippen LogP contribution in [0.25, 0.3) is 0 Å². The van der Waals surface area contributed by atoms with Gasteiger partial charge in [-0.15, -0.1) is 0 Å². The fourth-order valence-corrected chi connectivity index (χ4v) is 2.84. The average Bonchev–Trinajstić information content (AvgIpc) is 2.99. The first kappa shape index (κ1) is 8.20. The van der Waals surface area contributed by atoms with Crippen LogP contribution in [0.3, 0.4) is 0 Å². The van der Waals surface area contributed by atoms with E-state index in [1.165, 1.54) is 36.0 Å². The Morgan fingerprint density at radius 3 is 3.00 bits per heavy atom. The molecular weight excluding hydrogens is 182 g/mol. The Balaban J connectivity index is 2.08. The van der Waals surface area contributed by atoms with Crippen molar-refractivity contribution in [1.29, 1.82) is 0 Å². The van der Waals surface area contributed by atoms with Gasteiger partial charge in [0, 0.05) is 5.69 Å². The molecule has 0 radical (unpaired) electrons. The fourth-order valence-electron chi connectivity index (χ4n) is 2.84. The number of hydrogen-bond acceptors (Lipinski definition) is 1. The van der Waals surface area contributed by atoms with Crippen LogP contribution >= 0.6 is 0 Å². The van der Waals surface area contributed by atoms with Crippen molar-refractivity contribution in [1.82, 2.24) is 0 Å². The third-order valence-electron chi connectivity index (χ3n) is 4.08. The Morgan fingerprint density at radius 1 is 1.47 bits per heavy atom. The molecule has 0 heterocycles. The predicted octanol–water partition coefficient (Wildman–Crippen LogP) is 3.27. The zero-order valence-electron chi connectivity index (χ0n) is 10.3. The van der Waals surface area contributed by atoms with Crippen LogP contribution in [0.1, 0.15) is 50.2 Å². The second-order valence-electron chi connectivity index (χ2n) is 5.09. The van der Waals surface area contributed by atoms with Crippen molar-refractivity contribution in [3.05, 3.63) is 28.8 Å². The van der Waals surface area contributed by atoms with Crippen LogP contribution in [-0.2, 0) is 12.8 Å². The van der Waals surface area contributed by atoms with E-state index in [2.05, 4.69) is 6.92 Å². The number of hydrogen-bond donors (Lipinski definition) is 1. The third kappa shape index (κ3) is 1.45. The molecule has 0 bridgehead atoms. The summed E-state index contributed by atoms with van der Waals surface area (Å²) in [6.07, 6.45) is 5.98. The number of nitrogens with two attached hydrogens (primary N) is 1. The van der Waals surface area contributed by atoms with E-state index in [0.29, 0.717) is 5.92 Å². The topological polar surface area (TPSA) is 26.0 Å². The fraction of sp³-hybridized carbons (Fsp3) is 0.571. The molecule has 1 atom stereocenters. The first-order valence-corrected chi connectivity index (χ1v) is 6.09. The summed E-state index contributed by atoms with van der Waals surface area (Å²) < 4.78 is 8.09. The molecule has 15 heavy (non-hydrogen) atoms. The highest BCUT2D eigenvalue weighted by Gasteiger charge is 2.31. The maximum Gasteiger partial charge on any atom is 0.0626 e. The summed E-state index contributed by atoms with van der Waals surface area (Å²) in [5.74, 6) is 1.37. The van der Waals surface area contributed by atoms with Crippen molar-refractivity contribution in [2.24, 2.45) is 5.92 Å². The zero-order valence-corrected chi connectivity index (χ0v) is 9.34. The molecule has 0 aromatic heterocycles. The average molecular weight is 202 g/mol. The Hall–Kier alpha value is -0.980. The molecule has 1 nitrogen and oxygen atoms in total. The van der Waals surface area contributed by atoms with Crippen molar-refractivity contribution in [2.45, 2.75) is 44.9 Å². The highest BCUT2D eigenvalue weighted by Crippen LogP contribution is 2.45. The molecule has 1 fully saturated rings. The van der Waals surface area contributed by atoms with E-state index in [4.69, 9.17) is 7.10 Å². The minimum Gasteiger partial charge on any atom is -0.398 e. The van der Waals surface area contributed by atoms with Crippen LogP contribution in [0.4, 0.5) is 5.69 Å². The van der Waals surface area contributed by atoms with Gasteiger partial charge in [0.2, 0.25) is 0 Å². The molecule has 0 unspecified atom stereocenters. The standard InChI is InChI=1S/C14H19N/c1-9(10-5-6-10)12-8-7-11-3-2-4-13(11)14(12)15/h7-10H,2-6,15H2,1H3/t9-/m1/s1/i7D. The van der Waals surface area contributed by atoms with Crippen molar-refractivity contribution in [2.75, 3.05) is 5.73 Å². The quantitative estimate of drug-likeness (QED) is 0.732. The lowest BCUT2D eigenvalue weighted by Gasteiger charge is -2.16. The van der Waals surface area contributed by atoms with Crippen LogP contribution in [0, 0.1) is 5.92 Å². The molecule has 2 aliphatic rings. The molecule has 0 aliphatic heterocycles. The lowest BCUT2D eigenvalue weighted by atomic mass is 9.91. The molecule has 80 valence electrons. The molecule has 0 amide bonds. The van der Waals surface area contributed by atoms with Crippen LogP contribution in [0.2, 0.25) is 0 Å². The SMILES string of the molecule is [2H]c1cc([C@H](C)C2CC2)c(N)c2c1CCC2. The highest BCUT2D eigenvalue weighted by atomic mass is 14.6. The van der Waals surface area contributed by atoms with Crippen molar-refractivity contribution < 1.29 is 1.37 Å². The normalized spacial score (nSPS) is 22.3. The first-order chi connectivity index (χ1) is 7.68. The number of benzene rings is 1. The largest absolute Gasteiger partial charge is 0.398 e. The summed E-state index contributed by atoms with van der Waals surface area (Å²) in [5.41, 5.74) is 11.0. The highest BCUT2D eigenvalue weighted by molar-refractivity contribution is 5.60. The van der Waals surface area contributed by atoms with Gasteiger partial charge >= 0.3 is 0 Å². The Labute approximate surface area is 93.1 Å². The lowest BCUT2D eigenvalue weighted by Crippen LogP contribution is -2.04. The number of nitrogen functional groups attached to an aromatic ring is 1. The van der Waals surface area contributed by atoms with E-state index >= 15 is 0 Å². The second kappa shape index (κ2) is 3.26. The molecule has 0 spiro atoms. The summed E-state index contributed by atoms with van der Waals surface area (Å²) in [5, 5.41) is 0. The van der Waals surface area contributed by atoms with Gasteiger partial charge in [0.15, 0.2) is 0 Å². The number of anilines is 1. The number of fused-ring (bicyclic) bond motifs is 1. The maximum absolute atomic E-state index is 8.09. The monoisotopic (exact) mass is 202 g/mol. The van der Waals surface area contributed by atoms with E-state index in [9.17, 15) is 0 Å². The minimum absolute atomic E-state index is 0.551. The summed E-state index contributed by atoms with van der Waals surface area (Å²) in [6.45, 7) is 2.27. The summed E-state index contributed by atoms with van der Waals surface area (Å²) >= 11 is 0.